The van der Waals surface area contributed by atoms with Crippen LogP contribution in [0.5, 0.6) is 11.5 Å². The molecule has 0 aromatic heterocycles. The second-order valence-electron chi connectivity index (χ2n) is 5.53. The molecular formula is C17H20N2O6. The molecule has 1 fully saturated rings. The number of ether oxygens (including phenoxy) is 3. The van der Waals surface area contributed by atoms with Crippen LogP contribution in [-0.4, -0.2) is 49.7 Å². The van der Waals surface area contributed by atoms with Crippen LogP contribution in [-0.2, 0) is 14.3 Å². The third-order valence-electron chi connectivity index (χ3n) is 3.34. The molecule has 1 aliphatic rings. The maximum absolute atomic E-state index is 12.2. The van der Waals surface area contributed by atoms with Gasteiger partial charge in [-0.2, -0.15) is 0 Å². The Bertz CT molecular complexity index is 726. The number of carbonyl (C=O) groups is 3. The van der Waals surface area contributed by atoms with E-state index in [1.165, 1.54) is 20.3 Å². The number of hydrogen-bond acceptors (Lipinski definition) is 6. The van der Waals surface area contributed by atoms with Crippen molar-refractivity contribution in [1.82, 2.24) is 10.2 Å². The molecule has 0 atom stereocenters. The Morgan fingerprint density at radius 3 is 2.56 bits per heavy atom. The summed E-state index contributed by atoms with van der Waals surface area (Å²) in [4.78, 5) is 36.2. The van der Waals surface area contributed by atoms with Gasteiger partial charge in [-0.05, 0) is 37.6 Å². The van der Waals surface area contributed by atoms with Gasteiger partial charge in [-0.1, -0.05) is 6.07 Å². The monoisotopic (exact) mass is 348 g/mol. The van der Waals surface area contributed by atoms with E-state index in [1.807, 2.05) is 13.8 Å². The zero-order chi connectivity index (χ0) is 18.6. The predicted octanol–water partition coefficient (Wildman–Crippen LogP) is 1.55. The minimum Gasteiger partial charge on any atom is -0.493 e. The van der Waals surface area contributed by atoms with E-state index in [-0.39, 0.29) is 11.8 Å². The molecule has 1 aromatic rings. The third-order valence-corrected chi connectivity index (χ3v) is 3.34. The van der Waals surface area contributed by atoms with Gasteiger partial charge in [0, 0.05) is 0 Å². The van der Waals surface area contributed by atoms with Crippen LogP contribution in [0.2, 0.25) is 0 Å². The smallest absolute Gasteiger partial charge is 0.329 e. The number of benzene rings is 1. The second kappa shape index (κ2) is 7.69. The van der Waals surface area contributed by atoms with Crippen LogP contribution in [0.25, 0.3) is 6.08 Å². The number of rotatable bonds is 6. The van der Waals surface area contributed by atoms with Crippen molar-refractivity contribution in [2.24, 2.45) is 0 Å². The van der Waals surface area contributed by atoms with Crippen LogP contribution < -0.4 is 14.8 Å². The standard InChI is InChI=1S/C17H20N2O6/c1-10(2)25-13-6-5-11(8-14(13)23-3)7-12-16(21)19(17(22)18-12)9-15(20)24-4/h5-8,10H,9H2,1-4H3,(H,18,22)/b12-7+. The van der Waals surface area contributed by atoms with Gasteiger partial charge in [-0.25, -0.2) is 9.69 Å². The second-order valence-corrected chi connectivity index (χ2v) is 5.53. The van der Waals surface area contributed by atoms with Gasteiger partial charge < -0.3 is 19.5 Å². The van der Waals surface area contributed by atoms with Gasteiger partial charge in [0.05, 0.1) is 20.3 Å². The summed E-state index contributed by atoms with van der Waals surface area (Å²) in [5, 5.41) is 2.43. The molecule has 8 nitrogen and oxygen atoms in total. The van der Waals surface area contributed by atoms with E-state index < -0.39 is 24.5 Å². The van der Waals surface area contributed by atoms with E-state index in [0.717, 1.165) is 4.90 Å². The molecule has 1 saturated heterocycles. The Morgan fingerprint density at radius 1 is 1.24 bits per heavy atom. The summed E-state index contributed by atoms with van der Waals surface area (Å²) < 4.78 is 15.4. The highest BCUT2D eigenvalue weighted by molar-refractivity contribution is 6.15. The first kappa shape index (κ1) is 18.3. The van der Waals surface area contributed by atoms with Gasteiger partial charge in [0.1, 0.15) is 12.2 Å². The average molecular weight is 348 g/mol. The highest BCUT2D eigenvalue weighted by atomic mass is 16.5. The van der Waals surface area contributed by atoms with Gasteiger partial charge in [-0.3, -0.25) is 9.59 Å². The molecule has 0 radical (unpaired) electrons. The Kier molecular flexibility index (Phi) is 5.63. The molecule has 1 heterocycles. The summed E-state index contributed by atoms with van der Waals surface area (Å²) >= 11 is 0. The lowest BCUT2D eigenvalue weighted by Gasteiger charge is -2.13. The molecule has 0 spiro atoms. The van der Waals surface area contributed by atoms with Crippen molar-refractivity contribution in [2.75, 3.05) is 20.8 Å². The first-order valence-electron chi connectivity index (χ1n) is 7.61. The summed E-state index contributed by atoms with van der Waals surface area (Å²) in [7, 11) is 2.70. The van der Waals surface area contributed by atoms with E-state index in [9.17, 15) is 14.4 Å². The molecular weight excluding hydrogens is 328 g/mol. The number of nitrogens with one attached hydrogen (secondary N) is 1. The largest absolute Gasteiger partial charge is 0.493 e. The summed E-state index contributed by atoms with van der Waals surface area (Å²) in [5.74, 6) is -0.196. The average Bonchev–Trinajstić information content (AvgIpc) is 2.83. The number of amides is 3. The number of esters is 1. The van der Waals surface area contributed by atoms with Crippen molar-refractivity contribution < 1.29 is 28.6 Å². The zero-order valence-electron chi connectivity index (χ0n) is 14.5. The molecule has 25 heavy (non-hydrogen) atoms. The fourth-order valence-electron chi connectivity index (χ4n) is 2.20. The SMILES string of the molecule is COC(=O)CN1C(=O)N/C(=C/c2ccc(OC(C)C)c(OC)c2)C1=O. The van der Waals surface area contributed by atoms with Gasteiger partial charge >= 0.3 is 12.0 Å². The van der Waals surface area contributed by atoms with Crippen molar-refractivity contribution in [3.63, 3.8) is 0 Å². The van der Waals surface area contributed by atoms with Crippen molar-refractivity contribution in [2.45, 2.75) is 20.0 Å². The van der Waals surface area contributed by atoms with Crippen LogP contribution >= 0.6 is 0 Å². The molecule has 0 unspecified atom stereocenters. The highest BCUT2D eigenvalue weighted by Crippen LogP contribution is 2.30. The summed E-state index contributed by atoms with van der Waals surface area (Å²) in [6.45, 7) is 3.36. The number of hydrogen-bond donors (Lipinski definition) is 1. The maximum Gasteiger partial charge on any atom is 0.329 e. The van der Waals surface area contributed by atoms with Crippen molar-refractivity contribution in [3.05, 3.63) is 29.5 Å². The Hall–Kier alpha value is -3.03. The van der Waals surface area contributed by atoms with E-state index in [1.54, 1.807) is 18.2 Å². The molecule has 0 saturated carbocycles. The Labute approximate surface area is 145 Å². The van der Waals surface area contributed by atoms with Crippen LogP contribution in [0.4, 0.5) is 4.79 Å². The molecule has 3 amide bonds. The minimum absolute atomic E-state index is 0.0133. The van der Waals surface area contributed by atoms with Gasteiger partial charge in [0.25, 0.3) is 5.91 Å². The van der Waals surface area contributed by atoms with Gasteiger partial charge in [-0.15, -0.1) is 0 Å². The maximum atomic E-state index is 12.2. The Morgan fingerprint density at radius 2 is 1.96 bits per heavy atom. The number of imide groups is 1. The van der Waals surface area contributed by atoms with Crippen LogP contribution in [0.3, 0.4) is 0 Å². The van der Waals surface area contributed by atoms with E-state index >= 15 is 0 Å². The summed E-state index contributed by atoms with van der Waals surface area (Å²) in [6.07, 6.45) is 1.49. The third kappa shape index (κ3) is 4.28. The van der Waals surface area contributed by atoms with Crippen molar-refractivity contribution >= 4 is 24.0 Å². The first-order chi connectivity index (χ1) is 11.8. The molecule has 2 rings (SSSR count). The molecule has 1 N–H and O–H groups in total. The van der Waals surface area contributed by atoms with E-state index in [0.29, 0.717) is 17.1 Å². The number of carbonyl (C=O) groups excluding carboxylic acids is 3. The molecule has 134 valence electrons. The highest BCUT2D eigenvalue weighted by Gasteiger charge is 2.35. The molecule has 0 bridgehead atoms. The topological polar surface area (TPSA) is 94.2 Å². The number of methoxy groups -OCH3 is 2. The first-order valence-corrected chi connectivity index (χ1v) is 7.61. The van der Waals surface area contributed by atoms with Crippen LogP contribution in [0.1, 0.15) is 19.4 Å². The lowest BCUT2D eigenvalue weighted by molar-refractivity contribution is -0.143. The van der Waals surface area contributed by atoms with Crippen molar-refractivity contribution in [1.29, 1.82) is 0 Å². The Balaban J connectivity index is 2.24. The number of urea groups is 1. The normalized spacial score (nSPS) is 15.6. The molecule has 0 aliphatic carbocycles. The fourth-order valence-corrected chi connectivity index (χ4v) is 2.20. The summed E-state index contributed by atoms with van der Waals surface area (Å²) in [6, 6.07) is 4.47. The van der Waals surface area contributed by atoms with E-state index in [2.05, 4.69) is 10.1 Å². The lowest BCUT2D eigenvalue weighted by Crippen LogP contribution is -2.36. The molecule has 8 heteroatoms. The van der Waals surface area contributed by atoms with Crippen LogP contribution in [0.15, 0.2) is 23.9 Å². The molecule has 1 aromatic carbocycles. The minimum atomic E-state index is -0.679. The van der Waals surface area contributed by atoms with Crippen molar-refractivity contribution in [3.8, 4) is 11.5 Å². The quantitative estimate of drug-likeness (QED) is 0.476. The lowest BCUT2D eigenvalue weighted by atomic mass is 10.1. The zero-order valence-corrected chi connectivity index (χ0v) is 14.5. The van der Waals surface area contributed by atoms with E-state index in [4.69, 9.17) is 9.47 Å². The summed E-state index contributed by atoms with van der Waals surface area (Å²) in [5.41, 5.74) is 0.699. The van der Waals surface area contributed by atoms with Gasteiger partial charge in [0.2, 0.25) is 0 Å². The van der Waals surface area contributed by atoms with Gasteiger partial charge in [0.15, 0.2) is 11.5 Å². The predicted molar refractivity (Wildman–Crippen MR) is 89.0 cm³/mol. The van der Waals surface area contributed by atoms with Crippen LogP contribution in [0, 0.1) is 0 Å². The molecule has 1 aliphatic heterocycles. The number of nitrogens with zero attached hydrogens (tertiary/aromatic N) is 1. The fraction of sp³-hybridized carbons (Fsp3) is 0.353.